The predicted octanol–water partition coefficient (Wildman–Crippen LogP) is 5.48. The molecule has 0 unspecified atom stereocenters. The lowest BCUT2D eigenvalue weighted by Crippen LogP contribution is -2.30. The summed E-state index contributed by atoms with van der Waals surface area (Å²) in [4.78, 5) is 15.5. The Labute approximate surface area is 198 Å². The average Bonchev–Trinajstić information content (AvgIpc) is 3.25. The number of nitrogens with one attached hydrogen (secondary N) is 3. The number of aromatic nitrogens is 1. The third-order valence-electron chi connectivity index (χ3n) is 4.78. The lowest BCUT2D eigenvalue weighted by Gasteiger charge is -2.09. The highest BCUT2D eigenvalue weighted by molar-refractivity contribution is 7.90. The molecule has 0 bridgehead atoms. The number of fused-ring (bicyclic) bond motifs is 1. The number of H-pyrrole nitrogens is 1. The van der Waals surface area contributed by atoms with Crippen LogP contribution >= 0.6 is 23.2 Å². The molecule has 0 saturated carbocycles. The molecule has 7 nitrogen and oxygen atoms in total. The molecule has 1 heterocycles. The van der Waals surface area contributed by atoms with E-state index in [4.69, 9.17) is 27.9 Å². The van der Waals surface area contributed by atoms with Crippen LogP contribution in [0.4, 0.5) is 15.8 Å². The van der Waals surface area contributed by atoms with Crippen molar-refractivity contribution < 1.29 is 22.3 Å². The van der Waals surface area contributed by atoms with Gasteiger partial charge in [-0.3, -0.25) is 4.79 Å². The molecule has 0 spiro atoms. The number of carbonyl (C=O) groups is 1. The fourth-order valence-corrected chi connectivity index (χ4v) is 4.50. The Balaban J connectivity index is 1.64. The molecule has 0 saturated heterocycles. The Hall–Kier alpha value is -3.27. The Bertz CT molecular complexity index is 1470. The SMILES string of the molecule is COc1ccc(S(=O)(=O)NC(=O)c2cc3c(Nc4ccc(F)c(Cl)c4)ccc(Cl)c3[nH]2)cc1. The number of hydrogen-bond acceptors (Lipinski definition) is 5. The van der Waals surface area contributed by atoms with Crippen molar-refractivity contribution >= 4 is 61.4 Å². The van der Waals surface area contributed by atoms with Crippen molar-refractivity contribution in [1.29, 1.82) is 0 Å². The summed E-state index contributed by atoms with van der Waals surface area (Å²) in [6.45, 7) is 0. The molecule has 33 heavy (non-hydrogen) atoms. The first-order chi connectivity index (χ1) is 15.7. The average molecular weight is 508 g/mol. The lowest BCUT2D eigenvalue weighted by molar-refractivity contribution is 0.0977. The van der Waals surface area contributed by atoms with Gasteiger partial charge in [0.2, 0.25) is 0 Å². The van der Waals surface area contributed by atoms with Gasteiger partial charge in [-0.15, -0.1) is 0 Å². The van der Waals surface area contributed by atoms with E-state index in [1.165, 1.54) is 55.6 Å². The van der Waals surface area contributed by atoms with E-state index < -0.39 is 21.7 Å². The fraction of sp³-hybridized carbons (Fsp3) is 0.0455. The first-order valence-corrected chi connectivity index (χ1v) is 11.7. The molecule has 1 amide bonds. The third-order valence-corrected chi connectivity index (χ3v) is 6.73. The van der Waals surface area contributed by atoms with Gasteiger partial charge < -0.3 is 15.0 Å². The van der Waals surface area contributed by atoms with Crippen LogP contribution in [0.5, 0.6) is 5.75 Å². The zero-order valence-electron chi connectivity index (χ0n) is 16.9. The molecule has 4 rings (SSSR count). The van der Waals surface area contributed by atoms with Gasteiger partial charge >= 0.3 is 0 Å². The summed E-state index contributed by atoms with van der Waals surface area (Å²) >= 11 is 12.1. The van der Waals surface area contributed by atoms with E-state index in [2.05, 4.69) is 10.3 Å². The van der Waals surface area contributed by atoms with Gasteiger partial charge in [0.25, 0.3) is 15.9 Å². The van der Waals surface area contributed by atoms with Crippen LogP contribution in [-0.4, -0.2) is 26.4 Å². The summed E-state index contributed by atoms with van der Waals surface area (Å²) in [7, 11) is -2.66. The van der Waals surface area contributed by atoms with Crippen LogP contribution < -0.4 is 14.8 Å². The fourth-order valence-electron chi connectivity index (χ4n) is 3.14. The number of carbonyl (C=O) groups excluding carboxylic acids is 1. The minimum Gasteiger partial charge on any atom is -0.497 e. The van der Waals surface area contributed by atoms with E-state index in [0.717, 1.165) is 0 Å². The topological polar surface area (TPSA) is 100 Å². The van der Waals surface area contributed by atoms with Crippen molar-refractivity contribution in [2.24, 2.45) is 0 Å². The first kappa shape index (κ1) is 22.9. The standard InChI is InChI=1S/C22H16Cl2FN3O4S/c1-32-13-3-5-14(6-4-13)33(30,31)28-22(29)20-11-15-19(9-7-16(23)21(15)27-20)26-12-2-8-18(25)17(24)10-12/h2-11,26-27H,1H3,(H,28,29). The van der Waals surface area contributed by atoms with Crippen LogP contribution in [0.3, 0.4) is 0 Å². The maximum absolute atomic E-state index is 13.4. The second-order valence-corrected chi connectivity index (χ2v) is 9.43. The number of aromatic amines is 1. The third kappa shape index (κ3) is 4.75. The van der Waals surface area contributed by atoms with Crippen molar-refractivity contribution in [3.63, 3.8) is 0 Å². The van der Waals surface area contributed by atoms with E-state index >= 15 is 0 Å². The number of sulfonamides is 1. The largest absolute Gasteiger partial charge is 0.497 e. The molecule has 0 fully saturated rings. The summed E-state index contributed by atoms with van der Waals surface area (Å²) in [5, 5.41) is 3.88. The van der Waals surface area contributed by atoms with Crippen LogP contribution in [0.2, 0.25) is 10.0 Å². The Morgan fingerprint density at radius 2 is 1.73 bits per heavy atom. The number of amides is 1. The highest BCUT2D eigenvalue weighted by Crippen LogP contribution is 2.33. The highest BCUT2D eigenvalue weighted by atomic mass is 35.5. The molecule has 170 valence electrons. The van der Waals surface area contributed by atoms with Gasteiger partial charge in [0, 0.05) is 16.8 Å². The predicted molar refractivity (Wildman–Crippen MR) is 126 cm³/mol. The Morgan fingerprint density at radius 1 is 1.00 bits per heavy atom. The van der Waals surface area contributed by atoms with Gasteiger partial charge in [-0.1, -0.05) is 23.2 Å². The van der Waals surface area contributed by atoms with Gasteiger partial charge in [0.05, 0.1) is 27.6 Å². The number of ether oxygens (including phenoxy) is 1. The summed E-state index contributed by atoms with van der Waals surface area (Å²) in [5.74, 6) is -0.941. The van der Waals surface area contributed by atoms with E-state index in [0.29, 0.717) is 33.0 Å². The second kappa shape index (κ2) is 8.93. The van der Waals surface area contributed by atoms with Gasteiger partial charge in [-0.2, -0.15) is 0 Å². The molecular weight excluding hydrogens is 492 g/mol. The number of hydrogen-bond donors (Lipinski definition) is 3. The second-order valence-electron chi connectivity index (χ2n) is 6.93. The molecule has 4 aromatic rings. The molecule has 0 atom stereocenters. The zero-order valence-corrected chi connectivity index (χ0v) is 19.3. The lowest BCUT2D eigenvalue weighted by atomic mass is 10.2. The summed E-state index contributed by atoms with van der Waals surface area (Å²) in [5.41, 5.74) is 1.46. The van der Waals surface area contributed by atoms with Gasteiger partial charge in [-0.05, 0) is 60.7 Å². The number of anilines is 2. The maximum Gasteiger partial charge on any atom is 0.281 e. The van der Waals surface area contributed by atoms with Crippen LogP contribution in [-0.2, 0) is 10.0 Å². The molecule has 11 heteroatoms. The number of methoxy groups -OCH3 is 1. The van der Waals surface area contributed by atoms with Crippen molar-refractivity contribution in [3.05, 3.63) is 82.2 Å². The van der Waals surface area contributed by atoms with Crippen molar-refractivity contribution in [3.8, 4) is 5.75 Å². The zero-order chi connectivity index (χ0) is 23.8. The Kier molecular flexibility index (Phi) is 6.20. The molecule has 3 aromatic carbocycles. The minimum absolute atomic E-state index is 0.0182. The van der Waals surface area contributed by atoms with Crippen molar-refractivity contribution in [1.82, 2.24) is 9.71 Å². The summed E-state index contributed by atoms with van der Waals surface area (Å²) in [6.07, 6.45) is 0. The normalized spacial score (nSPS) is 11.4. The van der Waals surface area contributed by atoms with E-state index in [9.17, 15) is 17.6 Å². The van der Waals surface area contributed by atoms with E-state index in [1.54, 1.807) is 12.1 Å². The van der Waals surface area contributed by atoms with Crippen LogP contribution in [0, 0.1) is 5.82 Å². The molecule has 1 aromatic heterocycles. The maximum atomic E-state index is 13.4. The molecule has 0 aliphatic heterocycles. The van der Waals surface area contributed by atoms with Crippen LogP contribution in [0.15, 0.2) is 65.6 Å². The first-order valence-electron chi connectivity index (χ1n) is 9.42. The molecule has 3 N–H and O–H groups in total. The summed E-state index contributed by atoms with van der Waals surface area (Å²) in [6, 6.07) is 14.5. The Morgan fingerprint density at radius 3 is 2.39 bits per heavy atom. The smallest absolute Gasteiger partial charge is 0.281 e. The number of halogens is 3. The van der Waals surface area contributed by atoms with E-state index in [1.807, 2.05) is 4.72 Å². The summed E-state index contributed by atoms with van der Waals surface area (Å²) < 4.78 is 45.7. The molecule has 0 aliphatic rings. The van der Waals surface area contributed by atoms with Crippen LogP contribution in [0.25, 0.3) is 10.9 Å². The van der Waals surface area contributed by atoms with Crippen molar-refractivity contribution in [2.45, 2.75) is 4.90 Å². The highest BCUT2D eigenvalue weighted by Gasteiger charge is 2.21. The van der Waals surface area contributed by atoms with Crippen molar-refractivity contribution in [2.75, 3.05) is 12.4 Å². The van der Waals surface area contributed by atoms with E-state index in [-0.39, 0.29) is 15.6 Å². The quantitative estimate of drug-likeness (QED) is 0.320. The molecule has 0 radical (unpaired) electrons. The number of rotatable bonds is 6. The van der Waals surface area contributed by atoms with Gasteiger partial charge in [0.1, 0.15) is 17.3 Å². The minimum atomic E-state index is -4.12. The van der Waals surface area contributed by atoms with Crippen LogP contribution in [0.1, 0.15) is 10.5 Å². The number of benzene rings is 3. The van der Waals surface area contributed by atoms with Gasteiger partial charge in [-0.25, -0.2) is 17.5 Å². The monoisotopic (exact) mass is 507 g/mol. The molecular formula is C22H16Cl2FN3O4S. The van der Waals surface area contributed by atoms with Gasteiger partial charge in [0.15, 0.2) is 0 Å². The molecule has 0 aliphatic carbocycles.